The molecule has 0 aliphatic carbocycles. The smallest absolute Gasteiger partial charge is 0.230 e. The molecule has 3 heterocycles. The number of carbonyl (C=O) groups is 1. The highest BCUT2D eigenvalue weighted by atomic mass is 16.1. The summed E-state index contributed by atoms with van der Waals surface area (Å²) in [6, 6.07) is 0. The van der Waals surface area contributed by atoms with Crippen LogP contribution in [0.3, 0.4) is 0 Å². The number of amides is 1. The van der Waals surface area contributed by atoms with Gasteiger partial charge in [0.1, 0.15) is 11.5 Å². The van der Waals surface area contributed by atoms with Crippen molar-refractivity contribution in [1.29, 1.82) is 0 Å². The molecule has 0 spiro atoms. The van der Waals surface area contributed by atoms with E-state index in [1.165, 1.54) is 19.8 Å². The Morgan fingerprint density at radius 1 is 1.32 bits per heavy atom. The minimum absolute atomic E-state index is 0.131. The number of carbonyl (C=O) groups excluding carboxylic acids is 1. The molecule has 1 amide bonds. The molecule has 3 rings (SSSR count). The van der Waals surface area contributed by atoms with Gasteiger partial charge in [-0.05, 0) is 19.8 Å². The van der Waals surface area contributed by atoms with E-state index in [1.54, 1.807) is 10.7 Å². The van der Waals surface area contributed by atoms with Crippen LogP contribution in [0.4, 0.5) is 11.6 Å². The number of aryl methyl sites for hydroxylation is 1. The summed E-state index contributed by atoms with van der Waals surface area (Å²) in [5.41, 5.74) is 1.27. The molecule has 1 aliphatic heterocycles. The number of rotatable bonds is 2. The first-order valence-corrected chi connectivity index (χ1v) is 6.40. The molecule has 0 bridgehead atoms. The number of anilines is 2. The van der Waals surface area contributed by atoms with Gasteiger partial charge in [0.15, 0.2) is 5.65 Å². The Morgan fingerprint density at radius 3 is 2.74 bits per heavy atom. The summed E-state index contributed by atoms with van der Waals surface area (Å²) in [5, 5.41) is 7.03. The average Bonchev–Trinajstić information content (AvgIpc) is 2.98. The van der Waals surface area contributed by atoms with Crippen LogP contribution in [-0.2, 0) is 4.79 Å². The standard InChI is InChI=1S/C12H16N6O/c1-8-14-11-10(16-9(2)19)7-13-18(11)12(15-8)17-5-3-4-6-17/h7H,3-6H2,1-2H3,(H,16,19). The van der Waals surface area contributed by atoms with Gasteiger partial charge >= 0.3 is 0 Å². The summed E-state index contributed by atoms with van der Waals surface area (Å²) in [6.45, 7) is 5.30. The second kappa shape index (κ2) is 4.49. The lowest BCUT2D eigenvalue weighted by atomic mass is 10.4. The van der Waals surface area contributed by atoms with Crippen LogP contribution in [0, 0.1) is 6.92 Å². The van der Waals surface area contributed by atoms with Crippen molar-refractivity contribution in [2.75, 3.05) is 23.3 Å². The summed E-state index contributed by atoms with van der Waals surface area (Å²) in [7, 11) is 0. The second-order valence-corrected chi connectivity index (χ2v) is 4.74. The normalized spacial score (nSPS) is 15.2. The fraction of sp³-hybridized carbons (Fsp3) is 0.500. The monoisotopic (exact) mass is 260 g/mol. The SMILES string of the molecule is CC(=O)Nc1cnn2c(N3CCCC3)nc(C)nc12. The molecular formula is C12H16N6O. The maximum atomic E-state index is 11.2. The molecule has 19 heavy (non-hydrogen) atoms. The van der Waals surface area contributed by atoms with Crippen LogP contribution in [0.1, 0.15) is 25.6 Å². The zero-order chi connectivity index (χ0) is 13.4. The van der Waals surface area contributed by atoms with Crippen molar-refractivity contribution in [3.63, 3.8) is 0 Å². The molecule has 7 heteroatoms. The number of aromatic nitrogens is 4. The van der Waals surface area contributed by atoms with E-state index in [2.05, 4.69) is 25.3 Å². The third-order valence-electron chi connectivity index (χ3n) is 3.16. The Kier molecular flexibility index (Phi) is 2.81. The molecule has 7 nitrogen and oxygen atoms in total. The van der Waals surface area contributed by atoms with E-state index in [-0.39, 0.29) is 5.91 Å². The highest BCUT2D eigenvalue weighted by Crippen LogP contribution is 2.22. The van der Waals surface area contributed by atoms with Gasteiger partial charge in [-0.1, -0.05) is 0 Å². The van der Waals surface area contributed by atoms with E-state index >= 15 is 0 Å². The van der Waals surface area contributed by atoms with Crippen LogP contribution in [0.15, 0.2) is 6.20 Å². The van der Waals surface area contributed by atoms with E-state index in [1.807, 2.05) is 6.92 Å². The molecular weight excluding hydrogens is 244 g/mol. The second-order valence-electron chi connectivity index (χ2n) is 4.74. The van der Waals surface area contributed by atoms with Crippen LogP contribution < -0.4 is 10.2 Å². The number of nitrogens with one attached hydrogen (secondary N) is 1. The Hall–Kier alpha value is -2.18. The molecule has 2 aromatic heterocycles. The van der Waals surface area contributed by atoms with Gasteiger partial charge < -0.3 is 10.2 Å². The van der Waals surface area contributed by atoms with Gasteiger partial charge in [0.25, 0.3) is 0 Å². The van der Waals surface area contributed by atoms with E-state index < -0.39 is 0 Å². The molecule has 1 saturated heterocycles. The number of fused-ring (bicyclic) bond motifs is 1. The lowest BCUT2D eigenvalue weighted by molar-refractivity contribution is -0.114. The van der Waals surface area contributed by atoms with Gasteiger partial charge in [-0.25, -0.2) is 4.98 Å². The Balaban J connectivity index is 2.12. The first-order chi connectivity index (χ1) is 9.15. The molecule has 0 aromatic carbocycles. The van der Waals surface area contributed by atoms with Crippen molar-refractivity contribution >= 4 is 23.2 Å². The maximum absolute atomic E-state index is 11.2. The Morgan fingerprint density at radius 2 is 2.05 bits per heavy atom. The van der Waals surface area contributed by atoms with Crippen molar-refractivity contribution in [2.24, 2.45) is 0 Å². The van der Waals surface area contributed by atoms with E-state index in [4.69, 9.17) is 0 Å². The average molecular weight is 260 g/mol. The van der Waals surface area contributed by atoms with Crippen molar-refractivity contribution < 1.29 is 4.79 Å². The fourth-order valence-corrected chi connectivity index (χ4v) is 2.37. The molecule has 100 valence electrons. The van der Waals surface area contributed by atoms with Crippen LogP contribution in [0.5, 0.6) is 0 Å². The number of hydrogen-bond acceptors (Lipinski definition) is 5. The minimum Gasteiger partial charge on any atom is -0.341 e. The first-order valence-electron chi connectivity index (χ1n) is 6.40. The van der Waals surface area contributed by atoms with Gasteiger partial charge in [0.2, 0.25) is 11.9 Å². The fourth-order valence-electron chi connectivity index (χ4n) is 2.37. The lowest BCUT2D eigenvalue weighted by Gasteiger charge is -2.17. The largest absolute Gasteiger partial charge is 0.341 e. The molecule has 0 saturated carbocycles. The maximum Gasteiger partial charge on any atom is 0.230 e. The van der Waals surface area contributed by atoms with E-state index in [0.717, 1.165) is 19.0 Å². The van der Waals surface area contributed by atoms with Crippen LogP contribution in [0.25, 0.3) is 5.65 Å². The van der Waals surface area contributed by atoms with Crippen LogP contribution in [-0.4, -0.2) is 38.6 Å². The van der Waals surface area contributed by atoms with Crippen molar-refractivity contribution in [3.05, 3.63) is 12.0 Å². The van der Waals surface area contributed by atoms with E-state index in [9.17, 15) is 4.79 Å². The predicted molar refractivity (Wildman–Crippen MR) is 71.3 cm³/mol. The molecule has 1 fully saturated rings. The molecule has 0 atom stereocenters. The van der Waals surface area contributed by atoms with Gasteiger partial charge in [-0.15, -0.1) is 0 Å². The summed E-state index contributed by atoms with van der Waals surface area (Å²) < 4.78 is 1.70. The molecule has 2 aromatic rings. The quantitative estimate of drug-likeness (QED) is 0.871. The molecule has 1 aliphatic rings. The Bertz CT molecular complexity index is 628. The minimum atomic E-state index is -0.131. The van der Waals surface area contributed by atoms with Crippen molar-refractivity contribution in [2.45, 2.75) is 26.7 Å². The summed E-state index contributed by atoms with van der Waals surface area (Å²) in [5.74, 6) is 1.35. The van der Waals surface area contributed by atoms with Crippen LogP contribution in [0.2, 0.25) is 0 Å². The molecule has 1 N–H and O–H groups in total. The summed E-state index contributed by atoms with van der Waals surface area (Å²) in [6.07, 6.45) is 3.96. The van der Waals surface area contributed by atoms with Crippen molar-refractivity contribution in [3.8, 4) is 0 Å². The summed E-state index contributed by atoms with van der Waals surface area (Å²) >= 11 is 0. The van der Waals surface area contributed by atoms with Crippen molar-refractivity contribution in [1.82, 2.24) is 19.6 Å². The highest BCUT2D eigenvalue weighted by Gasteiger charge is 2.20. The topological polar surface area (TPSA) is 75.4 Å². The van der Waals surface area contributed by atoms with Gasteiger partial charge in [0, 0.05) is 20.0 Å². The van der Waals surface area contributed by atoms with Gasteiger partial charge in [0.05, 0.1) is 6.20 Å². The third-order valence-corrected chi connectivity index (χ3v) is 3.16. The number of nitrogens with zero attached hydrogens (tertiary/aromatic N) is 5. The van der Waals surface area contributed by atoms with Gasteiger partial charge in [-0.3, -0.25) is 4.79 Å². The zero-order valence-corrected chi connectivity index (χ0v) is 11.1. The summed E-state index contributed by atoms with van der Waals surface area (Å²) in [4.78, 5) is 22.2. The highest BCUT2D eigenvalue weighted by molar-refractivity contribution is 5.92. The predicted octanol–water partition coefficient (Wildman–Crippen LogP) is 0.991. The zero-order valence-electron chi connectivity index (χ0n) is 11.1. The Labute approximate surface area is 110 Å². The molecule has 0 unspecified atom stereocenters. The molecule has 0 radical (unpaired) electrons. The van der Waals surface area contributed by atoms with Gasteiger partial charge in [-0.2, -0.15) is 14.6 Å². The lowest BCUT2D eigenvalue weighted by Crippen LogP contribution is -2.23. The third kappa shape index (κ3) is 2.11. The first kappa shape index (κ1) is 11.9. The number of hydrogen-bond donors (Lipinski definition) is 1. The van der Waals surface area contributed by atoms with Crippen LogP contribution >= 0.6 is 0 Å². The van der Waals surface area contributed by atoms with E-state index in [0.29, 0.717) is 17.2 Å².